The van der Waals surface area contributed by atoms with Gasteiger partial charge in [0, 0.05) is 0 Å². The summed E-state index contributed by atoms with van der Waals surface area (Å²) in [6, 6.07) is 0. The first-order valence-corrected chi connectivity index (χ1v) is 19.1. The molecule has 0 aliphatic heterocycles. The maximum absolute atomic E-state index is 12.2. The van der Waals surface area contributed by atoms with Gasteiger partial charge in [0.15, 0.2) is 24.6 Å². The van der Waals surface area contributed by atoms with Crippen LogP contribution in [0, 0.1) is 57.7 Å². The van der Waals surface area contributed by atoms with Crippen LogP contribution in [0.4, 0.5) is 0 Å². The molecule has 12 nitrogen and oxygen atoms in total. The maximum atomic E-state index is 12.2. The van der Waals surface area contributed by atoms with Gasteiger partial charge in [-0.2, -0.15) is 8.42 Å². The second-order valence-electron chi connectivity index (χ2n) is 15.4. The summed E-state index contributed by atoms with van der Waals surface area (Å²) in [5.74, 6) is 2.48. The van der Waals surface area contributed by atoms with Crippen molar-refractivity contribution in [2.24, 2.45) is 57.7 Å². The minimum absolute atomic E-state index is 0. The van der Waals surface area contributed by atoms with Crippen molar-refractivity contribution in [1.82, 2.24) is 0 Å². The molecule has 0 radical (unpaired) electrons. The van der Waals surface area contributed by atoms with E-state index in [9.17, 15) is 13.0 Å². The molecule has 0 aromatic heterocycles. The van der Waals surface area contributed by atoms with Crippen LogP contribution in [0.3, 0.4) is 0 Å². The Hall–Kier alpha value is 3.25. The fourth-order valence-electron chi connectivity index (χ4n) is 10.3. The van der Waals surface area contributed by atoms with Gasteiger partial charge in [-0.25, -0.2) is 14.7 Å². The Morgan fingerprint density at radius 2 is 1.44 bits per heavy atom. The molecule has 3 N–H and O–H groups in total. The molecule has 4 saturated carbocycles. The topological polar surface area (TPSA) is 159 Å². The zero-order valence-corrected chi connectivity index (χ0v) is 39.0. The summed E-state index contributed by atoms with van der Waals surface area (Å²) in [6.07, 6.45) is 7.30. The van der Waals surface area contributed by atoms with E-state index >= 15 is 0 Å². The molecule has 12 atom stereocenters. The van der Waals surface area contributed by atoms with Crippen molar-refractivity contribution in [1.29, 1.82) is 0 Å². The zero-order chi connectivity index (χ0) is 33.2. The molecule has 18 heteroatoms. The predicted octanol–water partition coefficient (Wildman–Crippen LogP) is -0.370. The molecule has 0 spiro atoms. The number of hydrogen-bond acceptors (Lipinski definition) is 13. The minimum Gasteiger partial charge on any atom is -1.00 e. The number of hydrogen-bond donors (Lipinski definition) is 3. The van der Waals surface area contributed by atoms with Crippen LogP contribution < -0.4 is 88.7 Å². The molecule has 4 aliphatic carbocycles. The fraction of sp³-hybridized carbons (Fsp3) is 1.00. The molecule has 4 aliphatic rings. The Bertz CT molecular complexity index is 1100. The fourth-order valence-corrected chi connectivity index (χ4v) is 11.5. The van der Waals surface area contributed by atoms with Crippen molar-refractivity contribution >= 4 is 35.0 Å². The van der Waals surface area contributed by atoms with E-state index < -0.39 is 34.1 Å². The first-order valence-electron chi connectivity index (χ1n) is 16.4. The van der Waals surface area contributed by atoms with Crippen LogP contribution in [0.1, 0.15) is 117 Å². The molecule has 0 heterocycles. The first-order chi connectivity index (χ1) is 21.1. The smallest absolute Gasteiger partial charge is 1.00 e. The Balaban J connectivity index is -0.00000384. The largest absolute Gasteiger partial charge is 1.00 e. The first kappa shape index (κ1) is 49.3. The van der Waals surface area contributed by atoms with E-state index in [0.29, 0.717) is 73.0 Å². The van der Waals surface area contributed by atoms with Crippen molar-refractivity contribution in [2.45, 2.75) is 131 Å². The van der Waals surface area contributed by atoms with Gasteiger partial charge in [0.05, 0.1) is 6.10 Å². The van der Waals surface area contributed by atoms with Crippen molar-refractivity contribution in [3.05, 3.63) is 0 Å². The van der Waals surface area contributed by atoms with E-state index in [2.05, 4.69) is 67.2 Å². The van der Waals surface area contributed by atoms with Gasteiger partial charge in [-0.3, -0.25) is 12.9 Å². The van der Waals surface area contributed by atoms with Crippen molar-refractivity contribution in [3.8, 4) is 0 Å². The average Bonchev–Trinajstić information content (AvgIpc) is 3.33. The van der Waals surface area contributed by atoms with Crippen LogP contribution in [0.5, 0.6) is 0 Å². The quantitative estimate of drug-likeness (QED) is 0.0466. The Morgan fingerprint density at radius 3 is 2.00 bits per heavy atom. The van der Waals surface area contributed by atoms with E-state index in [4.69, 9.17) is 23.1 Å². The van der Waals surface area contributed by atoms with Gasteiger partial charge < -0.3 is 4.28 Å². The second-order valence-corrected chi connectivity index (χ2v) is 17.4. The van der Waals surface area contributed by atoms with Gasteiger partial charge in [-0.15, -0.1) is 8.67 Å². The van der Waals surface area contributed by atoms with E-state index in [0.717, 1.165) is 19.3 Å². The monoisotopic (exact) mass is 774 g/mol. The number of fused-ring (bicyclic) bond motifs is 5. The minimum atomic E-state index is -4.72. The van der Waals surface area contributed by atoms with E-state index in [1.807, 2.05) is 0 Å². The van der Waals surface area contributed by atoms with Gasteiger partial charge in [-0.05, 0) is 109 Å². The Kier molecular flexibility index (Phi) is 21.5. The maximum Gasteiger partial charge on any atom is 1.00 e. The molecule has 4 rings (SSSR count). The predicted molar refractivity (Wildman–Crippen MR) is 172 cm³/mol. The molecule has 0 bridgehead atoms. The normalized spacial score (nSPS) is 37.5. The second kappa shape index (κ2) is 21.0. The summed E-state index contributed by atoms with van der Waals surface area (Å²) in [7, 11) is -4.72. The molecule has 0 saturated heterocycles. The molecule has 48 heavy (non-hydrogen) atoms. The molecular weight excluding hydrogens is 717 g/mol. The molecule has 270 valence electrons. The van der Waals surface area contributed by atoms with Gasteiger partial charge >= 0.3 is 99.1 Å². The third kappa shape index (κ3) is 11.4. The van der Waals surface area contributed by atoms with Crippen molar-refractivity contribution in [2.75, 3.05) is 0 Å². The summed E-state index contributed by atoms with van der Waals surface area (Å²) in [5.41, 5.74) is 0.0525. The van der Waals surface area contributed by atoms with Gasteiger partial charge in [0.1, 0.15) is 12.2 Å². The van der Waals surface area contributed by atoms with Gasteiger partial charge in [-0.1, -0.05) is 71.4 Å². The van der Waals surface area contributed by atoms with Crippen LogP contribution in [0.25, 0.3) is 0 Å². The summed E-state index contributed by atoms with van der Waals surface area (Å²) in [4.78, 5) is 0. The van der Waals surface area contributed by atoms with E-state index in [1.54, 1.807) is 0 Å². The standard InChI is InChI=1S/C30H54O12S3.3Na.3H/c1-8-28(4,5)19(3)10-9-18(2)21-11-12-22-20-15-25(38-45(33,34)35)24-16-26(36-43-41-39-31)27(37-44-42-40-32)17-30(24,7)23(20)13-14-29(21,22)6;;;;;;/h18-27,31-32H,8-17H2,1-7H3,(H,33,34,35);;;;;;/q;3*+1;3*-1. The Labute approximate surface area is 367 Å². The van der Waals surface area contributed by atoms with Crippen LogP contribution in [0.2, 0.25) is 0 Å². The third-order valence-corrected chi connectivity index (χ3v) is 14.7. The summed E-state index contributed by atoms with van der Waals surface area (Å²) in [6.45, 7) is 16.5. The summed E-state index contributed by atoms with van der Waals surface area (Å²) < 4.78 is 60.2. The molecule has 0 aromatic rings. The average molecular weight is 775 g/mol. The van der Waals surface area contributed by atoms with Crippen LogP contribution >= 0.6 is 24.6 Å². The molecular formula is C30H57Na3O12S3. The zero-order valence-electron chi connectivity index (χ0n) is 33.6. The molecule has 12 unspecified atom stereocenters. The SMILES string of the molecule is CCC(C)(C)C(C)CCC(C)C1CCC2C3CC(OS(=O)(=O)O)C4CC(OSOOO)C(OSOOO)CC4(C)C3CCC12C.[H-].[H-].[H-].[Na+].[Na+].[Na+]. The van der Waals surface area contributed by atoms with Crippen LogP contribution in [0.15, 0.2) is 0 Å². The Morgan fingerprint density at radius 1 is 0.854 bits per heavy atom. The van der Waals surface area contributed by atoms with Crippen molar-refractivity contribution in [3.63, 3.8) is 0 Å². The summed E-state index contributed by atoms with van der Waals surface area (Å²) >= 11 is 0.868. The number of rotatable bonds is 16. The molecule has 0 aromatic carbocycles. The van der Waals surface area contributed by atoms with Gasteiger partial charge in [0.25, 0.3) is 0 Å². The summed E-state index contributed by atoms with van der Waals surface area (Å²) in [5, 5.41) is 24.5. The van der Waals surface area contributed by atoms with Crippen molar-refractivity contribution < 1.29 is 148 Å². The van der Waals surface area contributed by atoms with Crippen LogP contribution in [-0.2, 0) is 41.7 Å². The molecule has 4 fully saturated rings. The van der Waals surface area contributed by atoms with E-state index in [1.165, 1.54) is 25.7 Å². The van der Waals surface area contributed by atoms with Gasteiger partial charge in [0.2, 0.25) is 0 Å². The molecule has 0 amide bonds. The van der Waals surface area contributed by atoms with Crippen LogP contribution in [-0.4, -0.2) is 41.8 Å². The third-order valence-electron chi connectivity index (χ3n) is 13.4. The van der Waals surface area contributed by atoms with E-state index in [-0.39, 0.29) is 116 Å².